The molecule has 1 aromatic rings. The number of rotatable bonds is 6. The standard InChI is InChI=1S/C20H31N3O2/c1-25-18-9-7-15(8-10-18)19(23-11-2-3-12-23)14-22-20(24)16-5-4-6-17(21)13-16/h7-10,16-17,19H,2-6,11-14,21H2,1H3,(H,22,24). The van der Waals surface area contributed by atoms with E-state index in [-0.39, 0.29) is 23.9 Å². The van der Waals surface area contributed by atoms with Crippen molar-refractivity contribution >= 4 is 5.91 Å². The van der Waals surface area contributed by atoms with Crippen LogP contribution in [0.3, 0.4) is 0 Å². The lowest BCUT2D eigenvalue weighted by molar-refractivity contribution is -0.126. The quantitative estimate of drug-likeness (QED) is 0.831. The molecule has 1 amide bonds. The summed E-state index contributed by atoms with van der Waals surface area (Å²) >= 11 is 0. The lowest BCUT2D eigenvalue weighted by Gasteiger charge is -2.30. The number of carbonyl (C=O) groups excluding carboxylic acids is 1. The molecule has 1 aliphatic heterocycles. The van der Waals surface area contributed by atoms with E-state index in [1.54, 1.807) is 7.11 Å². The van der Waals surface area contributed by atoms with E-state index in [2.05, 4.69) is 22.3 Å². The molecule has 1 heterocycles. The Balaban J connectivity index is 1.64. The Labute approximate surface area is 150 Å². The van der Waals surface area contributed by atoms with Crippen LogP contribution >= 0.6 is 0 Å². The third-order valence-corrected chi connectivity index (χ3v) is 5.64. The van der Waals surface area contributed by atoms with Crippen molar-refractivity contribution in [2.24, 2.45) is 11.7 Å². The molecule has 5 heteroatoms. The van der Waals surface area contributed by atoms with Crippen molar-refractivity contribution in [1.29, 1.82) is 0 Å². The Morgan fingerprint density at radius 2 is 1.96 bits per heavy atom. The minimum atomic E-state index is 0.0823. The van der Waals surface area contributed by atoms with Crippen LogP contribution in [0.25, 0.3) is 0 Å². The van der Waals surface area contributed by atoms with Gasteiger partial charge < -0.3 is 15.8 Å². The molecule has 1 aliphatic carbocycles. The number of carbonyl (C=O) groups is 1. The first-order valence-corrected chi connectivity index (χ1v) is 9.58. The van der Waals surface area contributed by atoms with Crippen LogP contribution in [0.5, 0.6) is 5.75 Å². The van der Waals surface area contributed by atoms with Gasteiger partial charge in [-0.2, -0.15) is 0 Å². The van der Waals surface area contributed by atoms with Gasteiger partial charge in [0.2, 0.25) is 5.91 Å². The van der Waals surface area contributed by atoms with Gasteiger partial charge in [-0.05, 0) is 62.9 Å². The summed E-state index contributed by atoms with van der Waals surface area (Å²) in [4.78, 5) is 15.1. The maximum absolute atomic E-state index is 12.6. The third kappa shape index (κ3) is 4.73. The number of ether oxygens (including phenoxy) is 1. The minimum Gasteiger partial charge on any atom is -0.497 e. The predicted molar refractivity (Wildman–Crippen MR) is 99.5 cm³/mol. The largest absolute Gasteiger partial charge is 0.497 e. The van der Waals surface area contributed by atoms with Crippen LogP contribution in [0.15, 0.2) is 24.3 Å². The smallest absolute Gasteiger partial charge is 0.223 e. The van der Waals surface area contributed by atoms with Crippen LogP contribution in [-0.2, 0) is 4.79 Å². The fraction of sp³-hybridized carbons (Fsp3) is 0.650. The molecule has 1 saturated carbocycles. The molecular formula is C20H31N3O2. The molecular weight excluding hydrogens is 314 g/mol. The van der Waals surface area contributed by atoms with Crippen LogP contribution in [0, 0.1) is 5.92 Å². The number of nitrogens with zero attached hydrogens (tertiary/aromatic N) is 1. The lowest BCUT2D eigenvalue weighted by atomic mass is 9.85. The normalized spacial score (nSPS) is 25.5. The Morgan fingerprint density at radius 1 is 1.24 bits per heavy atom. The topological polar surface area (TPSA) is 67.6 Å². The van der Waals surface area contributed by atoms with E-state index >= 15 is 0 Å². The van der Waals surface area contributed by atoms with Crippen molar-refractivity contribution in [2.45, 2.75) is 50.6 Å². The van der Waals surface area contributed by atoms with Crippen LogP contribution in [0.2, 0.25) is 0 Å². The molecule has 0 radical (unpaired) electrons. The number of benzene rings is 1. The van der Waals surface area contributed by atoms with Crippen LogP contribution in [0.1, 0.15) is 50.1 Å². The van der Waals surface area contributed by atoms with E-state index in [9.17, 15) is 4.79 Å². The molecule has 0 bridgehead atoms. The van der Waals surface area contributed by atoms with E-state index in [1.807, 2.05) is 12.1 Å². The SMILES string of the molecule is COc1ccc(C(CNC(=O)C2CCCC(N)C2)N2CCCC2)cc1. The third-order valence-electron chi connectivity index (χ3n) is 5.64. The summed E-state index contributed by atoms with van der Waals surface area (Å²) < 4.78 is 5.27. The second kappa shape index (κ2) is 8.68. The fourth-order valence-electron chi connectivity index (χ4n) is 4.14. The first-order valence-electron chi connectivity index (χ1n) is 9.58. The molecule has 3 unspecified atom stereocenters. The number of nitrogens with one attached hydrogen (secondary N) is 1. The van der Waals surface area contributed by atoms with Gasteiger partial charge in [-0.3, -0.25) is 9.69 Å². The molecule has 25 heavy (non-hydrogen) atoms. The van der Waals surface area contributed by atoms with Gasteiger partial charge in [0.25, 0.3) is 0 Å². The maximum Gasteiger partial charge on any atom is 0.223 e. The molecule has 0 aromatic heterocycles. The van der Waals surface area contributed by atoms with E-state index in [1.165, 1.54) is 18.4 Å². The Morgan fingerprint density at radius 3 is 2.60 bits per heavy atom. The first-order chi connectivity index (χ1) is 12.2. The number of hydrogen-bond acceptors (Lipinski definition) is 4. The molecule has 3 N–H and O–H groups in total. The monoisotopic (exact) mass is 345 g/mol. The number of hydrogen-bond donors (Lipinski definition) is 2. The Bertz CT molecular complexity index is 555. The molecule has 3 rings (SSSR count). The Hall–Kier alpha value is -1.59. The molecule has 2 aliphatic rings. The first kappa shape index (κ1) is 18.2. The van der Waals surface area contributed by atoms with E-state index in [4.69, 9.17) is 10.5 Å². The summed E-state index contributed by atoms with van der Waals surface area (Å²) in [5.41, 5.74) is 7.28. The second-order valence-electron chi connectivity index (χ2n) is 7.40. The predicted octanol–water partition coefficient (Wildman–Crippen LogP) is 2.47. The number of methoxy groups -OCH3 is 1. The molecule has 0 spiro atoms. The fourth-order valence-corrected chi connectivity index (χ4v) is 4.14. The van der Waals surface area contributed by atoms with Crippen molar-refractivity contribution in [2.75, 3.05) is 26.7 Å². The molecule has 1 aromatic carbocycles. The minimum absolute atomic E-state index is 0.0823. The van der Waals surface area contributed by atoms with E-state index in [0.717, 1.165) is 44.5 Å². The Kier molecular flexibility index (Phi) is 6.32. The molecule has 1 saturated heterocycles. The molecule has 3 atom stereocenters. The summed E-state index contributed by atoms with van der Waals surface area (Å²) in [6.45, 7) is 2.86. The van der Waals surface area contributed by atoms with E-state index < -0.39 is 0 Å². The molecule has 2 fully saturated rings. The summed E-state index contributed by atoms with van der Waals surface area (Å²) in [6.07, 6.45) is 6.37. The van der Waals surface area contributed by atoms with Crippen molar-refractivity contribution < 1.29 is 9.53 Å². The average molecular weight is 345 g/mol. The average Bonchev–Trinajstić information content (AvgIpc) is 3.16. The van der Waals surface area contributed by atoms with Gasteiger partial charge in [0, 0.05) is 18.5 Å². The van der Waals surface area contributed by atoms with Gasteiger partial charge in [-0.1, -0.05) is 18.6 Å². The number of nitrogens with two attached hydrogens (primary N) is 1. The zero-order valence-corrected chi connectivity index (χ0v) is 15.2. The van der Waals surface area contributed by atoms with Gasteiger partial charge in [0.1, 0.15) is 5.75 Å². The zero-order valence-electron chi connectivity index (χ0n) is 15.2. The van der Waals surface area contributed by atoms with Crippen molar-refractivity contribution in [3.8, 4) is 5.75 Å². The highest BCUT2D eigenvalue weighted by Crippen LogP contribution is 2.27. The van der Waals surface area contributed by atoms with Gasteiger partial charge in [0.05, 0.1) is 13.2 Å². The lowest BCUT2D eigenvalue weighted by Crippen LogP contribution is -2.41. The van der Waals surface area contributed by atoms with Gasteiger partial charge in [0.15, 0.2) is 0 Å². The maximum atomic E-state index is 12.6. The summed E-state index contributed by atoms with van der Waals surface area (Å²) in [5.74, 6) is 1.12. The summed E-state index contributed by atoms with van der Waals surface area (Å²) in [5, 5.41) is 3.21. The number of amides is 1. The highest BCUT2D eigenvalue weighted by molar-refractivity contribution is 5.78. The zero-order chi connectivity index (χ0) is 17.6. The number of likely N-dealkylation sites (tertiary alicyclic amines) is 1. The van der Waals surface area contributed by atoms with Crippen molar-refractivity contribution in [1.82, 2.24) is 10.2 Å². The second-order valence-corrected chi connectivity index (χ2v) is 7.40. The highest BCUT2D eigenvalue weighted by Gasteiger charge is 2.28. The molecule has 138 valence electrons. The van der Waals surface area contributed by atoms with Crippen molar-refractivity contribution in [3.63, 3.8) is 0 Å². The van der Waals surface area contributed by atoms with Crippen LogP contribution in [0.4, 0.5) is 0 Å². The van der Waals surface area contributed by atoms with Gasteiger partial charge in [-0.15, -0.1) is 0 Å². The van der Waals surface area contributed by atoms with Crippen LogP contribution < -0.4 is 15.8 Å². The van der Waals surface area contributed by atoms with Crippen molar-refractivity contribution in [3.05, 3.63) is 29.8 Å². The van der Waals surface area contributed by atoms with Crippen LogP contribution in [-0.4, -0.2) is 43.6 Å². The summed E-state index contributed by atoms with van der Waals surface area (Å²) in [7, 11) is 1.68. The van der Waals surface area contributed by atoms with Gasteiger partial charge >= 0.3 is 0 Å². The molecule has 5 nitrogen and oxygen atoms in total. The van der Waals surface area contributed by atoms with Gasteiger partial charge in [-0.25, -0.2) is 0 Å². The summed E-state index contributed by atoms with van der Waals surface area (Å²) in [6, 6.07) is 8.64. The highest BCUT2D eigenvalue weighted by atomic mass is 16.5. The van der Waals surface area contributed by atoms with E-state index in [0.29, 0.717) is 6.54 Å².